The van der Waals surface area contributed by atoms with Crippen molar-refractivity contribution < 1.29 is 9.53 Å². The molecular weight excluding hydrogens is 388 g/mol. The summed E-state index contributed by atoms with van der Waals surface area (Å²) in [6.45, 7) is 4.09. The highest BCUT2D eigenvalue weighted by atomic mass is 79.9. The van der Waals surface area contributed by atoms with Crippen LogP contribution in [0.15, 0.2) is 40.9 Å². The number of carbonyl (C=O) groups is 1. The van der Waals surface area contributed by atoms with Crippen LogP contribution in [0.2, 0.25) is 0 Å². The van der Waals surface area contributed by atoms with E-state index in [-0.39, 0.29) is 11.0 Å². The smallest absolute Gasteiger partial charge is 0.257 e. The van der Waals surface area contributed by atoms with Crippen LogP contribution in [0.4, 0.5) is 5.69 Å². The van der Waals surface area contributed by atoms with Gasteiger partial charge in [-0.15, -0.1) is 0 Å². The van der Waals surface area contributed by atoms with E-state index in [0.717, 1.165) is 23.2 Å². The van der Waals surface area contributed by atoms with Gasteiger partial charge in [0.25, 0.3) is 5.91 Å². The molecule has 2 N–H and O–H groups in total. The van der Waals surface area contributed by atoms with E-state index < -0.39 is 0 Å². The number of hydrogen-bond donors (Lipinski definition) is 2. The minimum absolute atomic E-state index is 0.274. The molecule has 2 aromatic rings. The Hall–Kier alpha value is -1.92. The number of hydrogen-bond acceptors (Lipinski definition) is 3. The van der Waals surface area contributed by atoms with Gasteiger partial charge in [-0.05, 0) is 70.8 Å². The largest absolute Gasteiger partial charge is 0.496 e. The fraction of sp³-hybridized carbons (Fsp3) is 0.222. The molecule has 0 atom stereocenters. The molecule has 6 heteroatoms. The van der Waals surface area contributed by atoms with Gasteiger partial charge in [-0.25, -0.2) is 0 Å². The van der Waals surface area contributed by atoms with E-state index >= 15 is 0 Å². The van der Waals surface area contributed by atoms with E-state index in [1.54, 1.807) is 25.3 Å². The lowest BCUT2D eigenvalue weighted by atomic mass is 10.1. The second-order valence-electron chi connectivity index (χ2n) is 5.22. The Balaban J connectivity index is 2.10. The minimum Gasteiger partial charge on any atom is -0.496 e. The van der Waals surface area contributed by atoms with E-state index in [0.29, 0.717) is 15.8 Å². The van der Waals surface area contributed by atoms with Crippen molar-refractivity contribution in [2.75, 3.05) is 12.4 Å². The van der Waals surface area contributed by atoms with Crippen LogP contribution in [0.5, 0.6) is 5.75 Å². The standard InChI is InChI=1S/C18H19BrN2O2S/c1-4-12-7-5-6-11(2)16(12)20-18(24)21-17(22)13-8-9-15(23-3)14(19)10-13/h5-10H,4H2,1-3H3,(H2,20,21,22,24). The van der Waals surface area contributed by atoms with Crippen molar-refractivity contribution in [1.82, 2.24) is 5.32 Å². The van der Waals surface area contributed by atoms with Gasteiger partial charge in [-0.2, -0.15) is 0 Å². The average molecular weight is 407 g/mol. The monoisotopic (exact) mass is 406 g/mol. The third-order valence-corrected chi connectivity index (χ3v) is 4.44. The second kappa shape index (κ2) is 8.26. The van der Waals surface area contributed by atoms with Gasteiger partial charge < -0.3 is 10.1 Å². The third-order valence-electron chi connectivity index (χ3n) is 3.62. The Bertz CT molecular complexity index is 778. The van der Waals surface area contributed by atoms with E-state index in [1.165, 1.54) is 0 Å². The molecule has 0 aromatic heterocycles. The minimum atomic E-state index is -0.275. The fourth-order valence-corrected chi connectivity index (χ4v) is 3.07. The number of carbonyl (C=O) groups excluding carboxylic acids is 1. The van der Waals surface area contributed by atoms with Crippen LogP contribution in [0.1, 0.15) is 28.4 Å². The summed E-state index contributed by atoms with van der Waals surface area (Å²) < 4.78 is 5.87. The number of aryl methyl sites for hydroxylation is 2. The first-order valence-electron chi connectivity index (χ1n) is 7.50. The van der Waals surface area contributed by atoms with Gasteiger partial charge in [0.1, 0.15) is 5.75 Å². The molecular formula is C18H19BrN2O2S. The van der Waals surface area contributed by atoms with Crippen molar-refractivity contribution in [2.24, 2.45) is 0 Å². The Morgan fingerprint density at radius 1 is 1.29 bits per heavy atom. The van der Waals surface area contributed by atoms with Gasteiger partial charge in [-0.1, -0.05) is 25.1 Å². The maximum absolute atomic E-state index is 12.3. The molecule has 24 heavy (non-hydrogen) atoms. The topological polar surface area (TPSA) is 50.4 Å². The molecule has 0 fully saturated rings. The van der Waals surface area contributed by atoms with Crippen molar-refractivity contribution in [3.63, 3.8) is 0 Å². The third kappa shape index (κ3) is 4.33. The first-order chi connectivity index (χ1) is 11.5. The Kier molecular flexibility index (Phi) is 6.34. The highest BCUT2D eigenvalue weighted by Crippen LogP contribution is 2.25. The number of nitrogens with one attached hydrogen (secondary N) is 2. The summed E-state index contributed by atoms with van der Waals surface area (Å²) in [5.41, 5.74) is 3.67. The predicted octanol–water partition coefficient (Wildman–Crippen LogP) is 4.46. The second-order valence-corrected chi connectivity index (χ2v) is 6.48. The van der Waals surface area contributed by atoms with Gasteiger partial charge in [0.2, 0.25) is 0 Å². The van der Waals surface area contributed by atoms with E-state index in [1.807, 2.05) is 25.1 Å². The highest BCUT2D eigenvalue weighted by Gasteiger charge is 2.12. The summed E-state index contributed by atoms with van der Waals surface area (Å²) in [7, 11) is 1.58. The quantitative estimate of drug-likeness (QED) is 0.736. The number of anilines is 1. The molecule has 0 saturated carbocycles. The van der Waals surface area contributed by atoms with Crippen LogP contribution in [-0.4, -0.2) is 18.1 Å². The number of methoxy groups -OCH3 is 1. The first kappa shape index (κ1) is 18.4. The molecule has 126 valence electrons. The molecule has 0 bridgehead atoms. The van der Waals surface area contributed by atoms with Gasteiger partial charge >= 0.3 is 0 Å². The Morgan fingerprint density at radius 3 is 2.67 bits per heavy atom. The van der Waals surface area contributed by atoms with Crippen LogP contribution >= 0.6 is 28.1 Å². The molecule has 0 spiro atoms. The lowest BCUT2D eigenvalue weighted by molar-refractivity contribution is 0.0977. The summed E-state index contributed by atoms with van der Waals surface area (Å²) in [6, 6.07) is 11.2. The van der Waals surface area contributed by atoms with Crippen molar-refractivity contribution in [1.29, 1.82) is 0 Å². The first-order valence-corrected chi connectivity index (χ1v) is 8.70. The van der Waals surface area contributed by atoms with Crippen molar-refractivity contribution in [3.05, 3.63) is 57.6 Å². The SMILES string of the molecule is CCc1cccc(C)c1NC(=S)NC(=O)c1ccc(OC)c(Br)c1. The number of para-hydroxylation sites is 1. The van der Waals surface area contributed by atoms with Crippen LogP contribution < -0.4 is 15.4 Å². The van der Waals surface area contributed by atoms with Gasteiger partial charge in [-0.3, -0.25) is 10.1 Å². The van der Waals surface area contributed by atoms with Crippen molar-refractivity contribution >= 4 is 44.9 Å². The predicted molar refractivity (Wildman–Crippen MR) is 105 cm³/mol. The van der Waals surface area contributed by atoms with Crippen LogP contribution in [-0.2, 0) is 6.42 Å². The fourth-order valence-electron chi connectivity index (χ4n) is 2.33. The molecule has 0 unspecified atom stereocenters. The molecule has 0 radical (unpaired) electrons. The van der Waals surface area contributed by atoms with E-state index in [2.05, 4.69) is 33.5 Å². The number of rotatable bonds is 4. The van der Waals surface area contributed by atoms with E-state index in [4.69, 9.17) is 17.0 Å². The molecule has 0 saturated heterocycles. The van der Waals surface area contributed by atoms with Gasteiger partial charge in [0, 0.05) is 11.3 Å². The molecule has 2 rings (SSSR count). The van der Waals surface area contributed by atoms with Crippen molar-refractivity contribution in [2.45, 2.75) is 20.3 Å². The molecule has 0 aliphatic carbocycles. The Labute approximate surface area is 155 Å². The number of thiocarbonyl (C=S) groups is 1. The highest BCUT2D eigenvalue weighted by molar-refractivity contribution is 9.10. The molecule has 2 aromatic carbocycles. The summed E-state index contributed by atoms with van der Waals surface area (Å²) >= 11 is 8.65. The zero-order valence-corrected chi connectivity index (χ0v) is 16.2. The normalized spacial score (nSPS) is 10.2. The van der Waals surface area contributed by atoms with Crippen molar-refractivity contribution in [3.8, 4) is 5.75 Å². The zero-order chi connectivity index (χ0) is 17.7. The Morgan fingerprint density at radius 2 is 2.04 bits per heavy atom. The summed E-state index contributed by atoms with van der Waals surface area (Å²) in [6.07, 6.45) is 0.881. The van der Waals surface area contributed by atoms with Crippen LogP contribution in [0.25, 0.3) is 0 Å². The van der Waals surface area contributed by atoms with Gasteiger partial charge in [0.05, 0.1) is 11.6 Å². The number of halogens is 1. The van der Waals surface area contributed by atoms with E-state index in [9.17, 15) is 4.79 Å². The molecule has 4 nitrogen and oxygen atoms in total. The lowest BCUT2D eigenvalue weighted by Gasteiger charge is -2.15. The summed E-state index contributed by atoms with van der Waals surface area (Å²) in [5, 5.41) is 6.11. The maximum atomic E-state index is 12.3. The molecule has 1 amide bonds. The lowest BCUT2D eigenvalue weighted by Crippen LogP contribution is -2.34. The molecule has 0 heterocycles. The maximum Gasteiger partial charge on any atom is 0.257 e. The van der Waals surface area contributed by atoms with Gasteiger partial charge in [0.15, 0.2) is 5.11 Å². The summed E-state index contributed by atoms with van der Waals surface area (Å²) in [4.78, 5) is 12.3. The zero-order valence-electron chi connectivity index (χ0n) is 13.8. The number of amides is 1. The average Bonchev–Trinajstić information content (AvgIpc) is 2.56. The molecule has 0 aliphatic heterocycles. The number of benzene rings is 2. The van der Waals surface area contributed by atoms with Crippen LogP contribution in [0.3, 0.4) is 0 Å². The summed E-state index contributed by atoms with van der Waals surface area (Å²) in [5.74, 6) is 0.391. The number of ether oxygens (including phenoxy) is 1. The molecule has 0 aliphatic rings. The van der Waals surface area contributed by atoms with Crippen LogP contribution in [0, 0.1) is 6.92 Å².